The van der Waals surface area contributed by atoms with Crippen LogP contribution < -0.4 is 0 Å². The first kappa shape index (κ1) is 20.2. The van der Waals surface area contributed by atoms with Crippen molar-refractivity contribution in [3.05, 3.63) is 94.3 Å². The number of aryl methyl sites for hydroxylation is 2. The van der Waals surface area contributed by atoms with E-state index in [4.69, 9.17) is 11.6 Å². The van der Waals surface area contributed by atoms with Crippen molar-refractivity contribution in [1.82, 2.24) is 0 Å². The van der Waals surface area contributed by atoms with Gasteiger partial charge in [0.25, 0.3) is 0 Å². The van der Waals surface area contributed by atoms with Crippen molar-refractivity contribution in [2.24, 2.45) is 5.92 Å². The van der Waals surface area contributed by atoms with E-state index in [1.165, 1.54) is 54.9 Å². The van der Waals surface area contributed by atoms with Crippen LogP contribution in [0.3, 0.4) is 0 Å². The Kier molecular flexibility index (Phi) is 6.35. The molecular weight excluding hydrogens is 379 g/mol. The quantitative estimate of drug-likeness (QED) is 0.399. The first-order valence-electron chi connectivity index (χ1n) is 10.7. The Labute approximate surface area is 178 Å². The molecule has 0 aromatic heterocycles. The lowest BCUT2D eigenvalue weighted by Gasteiger charge is -2.29. The van der Waals surface area contributed by atoms with Crippen molar-refractivity contribution >= 4 is 11.6 Å². The van der Waals surface area contributed by atoms with Crippen LogP contribution in [0.5, 0.6) is 0 Å². The molecule has 0 amide bonds. The first-order chi connectivity index (χ1) is 14.1. The van der Waals surface area contributed by atoms with Crippen molar-refractivity contribution in [1.29, 1.82) is 0 Å². The molecule has 1 aliphatic rings. The van der Waals surface area contributed by atoms with E-state index in [1.807, 2.05) is 6.07 Å². The van der Waals surface area contributed by atoms with Gasteiger partial charge in [0.15, 0.2) is 0 Å². The summed E-state index contributed by atoms with van der Waals surface area (Å²) in [5.41, 5.74) is 6.12. The Morgan fingerprint density at radius 2 is 1.48 bits per heavy atom. The van der Waals surface area contributed by atoms with Crippen LogP contribution in [0.25, 0.3) is 11.1 Å². The second kappa shape index (κ2) is 9.13. The van der Waals surface area contributed by atoms with Gasteiger partial charge in [0.05, 0.1) is 5.02 Å². The van der Waals surface area contributed by atoms with E-state index in [-0.39, 0.29) is 10.8 Å². The number of rotatable bonds is 5. The molecule has 0 saturated heterocycles. The molecule has 0 atom stereocenters. The fraction of sp³-hybridized carbons (Fsp3) is 0.333. The summed E-state index contributed by atoms with van der Waals surface area (Å²) in [5, 5.41) is 0.169. The van der Waals surface area contributed by atoms with Gasteiger partial charge in [0.1, 0.15) is 5.82 Å². The molecule has 1 aliphatic carbocycles. The summed E-state index contributed by atoms with van der Waals surface area (Å²) < 4.78 is 13.7. The average Bonchev–Trinajstić information content (AvgIpc) is 2.76. The normalized spacial score (nSPS) is 19.3. The Morgan fingerprint density at radius 3 is 2.14 bits per heavy atom. The van der Waals surface area contributed by atoms with Crippen molar-refractivity contribution in [2.75, 3.05) is 0 Å². The van der Waals surface area contributed by atoms with Crippen molar-refractivity contribution in [3.8, 4) is 11.1 Å². The van der Waals surface area contributed by atoms with E-state index < -0.39 is 0 Å². The highest BCUT2D eigenvalue weighted by Gasteiger charge is 2.22. The molecule has 0 unspecified atom stereocenters. The average molecular weight is 407 g/mol. The highest BCUT2D eigenvalue weighted by molar-refractivity contribution is 6.30. The summed E-state index contributed by atoms with van der Waals surface area (Å²) >= 11 is 5.78. The van der Waals surface area contributed by atoms with Gasteiger partial charge in [-0.3, -0.25) is 0 Å². The van der Waals surface area contributed by atoms with Crippen molar-refractivity contribution < 1.29 is 4.39 Å². The third kappa shape index (κ3) is 5.08. The molecule has 150 valence electrons. The molecule has 0 nitrogen and oxygen atoms in total. The summed E-state index contributed by atoms with van der Waals surface area (Å²) in [6.45, 7) is 2.15. The van der Waals surface area contributed by atoms with Crippen LogP contribution in [0.15, 0.2) is 66.7 Å². The number of hydrogen-bond acceptors (Lipinski definition) is 0. The number of hydrogen-bond donors (Lipinski definition) is 0. The zero-order valence-corrected chi connectivity index (χ0v) is 17.8. The van der Waals surface area contributed by atoms with Crippen LogP contribution in [-0.2, 0) is 6.42 Å². The molecule has 0 spiro atoms. The predicted molar refractivity (Wildman–Crippen MR) is 121 cm³/mol. The van der Waals surface area contributed by atoms with E-state index >= 15 is 0 Å². The second-order valence-electron chi connectivity index (χ2n) is 8.49. The van der Waals surface area contributed by atoms with Crippen LogP contribution >= 0.6 is 11.6 Å². The molecule has 1 fully saturated rings. The zero-order valence-electron chi connectivity index (χ0n) is 17.0. The Bertz CT molecular complexity index is 935. The van der Waals surface area contributed by atoms with Gasteiger partial charge in [-0.15, -0.1) is 0 Å². The summed E-state index contributed by atoms with van der Waals surface area (Å²) in [7, 11) is 0. The number of halogens is 2. The molecule has 4 rings (SSSR count). The Hall–Kier alpha value is -2.12. The summed E-state index contributed by atoms with van der Waals surface area (Å²) in [4.78, 5) is 0. The highest BCUT2D eigenvalue weighted by Crippen LogP contribution is 2.37. The molecule has 1 saturated carbocycles. The molecular formula is C27H28ClF. The maximum Gasteiger partial charge on any atom is 0.142 e. The van der Waals surface area contributed by atoms with Crippen molar-refractivity contribution in [3.63, 3.8) is 0 Å². The fourth-order valence-corrected chi connectivity index (χ4v) is 4.65. The molecule has 0 radical (unpaired) electrons. The van der Waals surface area contributed by atoms with E-state index in [0.29, 0.717) is 0 Å². The maximum atomic E-state index is 13.7. The monoisotopic (exact) mass is 406 g/mol. The minimum atomic E-state index is -0.366. The molecule has 2 heteroatoms. The molecule has 29 heavy (non-hydrogen) atoms. The third-order valence-electron chi connectivity index (χ3n) is 6.44. The van der Waals surface area contributed by atoms with Gasteiger partial charge in [-0.05, 0) is 91.7 Å². The molecule has 0 aliphatic heterocycles. The van der Waals surface area contributed by atoms with Crippen LogP contribution in [0.4, 0.5) is 4.39 Å². The van der Waals surface area contributed by atoms with E-state index in [2.05, 4.69) is 55.5 Å². The molecule has 3 aromatic rings. The van der Waals surface area contributed by atoms with Crippen LogP contribution in [0.1, 0.15) is 54.7 Å². The van der Waals surface area contributed by atoms with E-state index in [1.54, 1.807) is 6.07 Å². The Balaban J connectivity index is 1.28. The minimum Gasteiger partial charge on any atom is -0.205 e. The summed E-state index contributed by atoms with van der Waals surface area (Å²) in [6, 6.07) is 22.6. The van der Waals surface area contributed by atoms with Crippen LogP contribution in [0, 0.1) is 18.7 Å². The smallest absolute Gasteiger partial charge is 0.142 e. The minimum absolute atomic E-state index is 0.169. The van der Waals surface area contributed by atoms with Crippen LogP contribution in [-0.4, -0.2) is 0 Å². The van der Waals surface area contributed by atoms with Gasteiger partial charge in [-0.1, -0.05) is 71.8 Å². The summed E-state index contributed by atoms with van der Waals surface area (Å²) in [5.74, 6) is 1.21. The topological polar surface area (TPSA) is 0 Å². The van der Waals surface area contributed by atoms with Gasteiger partial charge in [-0.2, -0.15) is 0 Å². The van der Waals surface area contributed by atoms with E-state index in [9.17, 15) is 4.39 Å². The molecule has 0 bridgehead atoms. The standard InChI is InChI=1S/C27H28ClF/c1-19-2-10-22(11-3-19)23-12-6-20(7-13-23)4-5-21-8-14-24(15-9-21)25-16-17-26(28)27(29)18-25/h2-3,8-11,14-18,20,23H,4-7,12-13H2,1H3. The fourth-order valence-electron chi connectivity index (χ4n) is 4.53. The van der Waals surface area contributed by atoms with Crippen molar-refractivity contribution in [2.45, 2.75) is 51.4 Å². The lowest BCUT2D eigenvalue weighted by molar-refractivity contribution is 0.310. The molecule has 3 aromatic carbocycles. The van der Waals surface area contributed by atoms with Crippen LogP contribution in [0.2, 0.25) is 5.02 Å². The lowest BCUT2D eigenvalue weighted by Crippen LogP contribution is -2.14. The first-order valence-corrected chi connectivity index (χ1v) is 11.1. The van der Waals surface area contributed by atoms with Gasteiger partial charge in [-0.25, -0.2) is 4.39 Å². The molecule has 0 heterocycles. The van der Waals surface area contributed by atoms with Gasteiger partial charge in [0.2, 0.25) is 0 Å². The van der Waals surface area contributed by atoms with E-state index in [0.717, 1.165) is 29.4 Å². The largest absolute Gasteiger partial charge is 0.205 e. The lowest BCUT2D eigenvalue weighted by atomic mass is 9.77. The highest BCUT2D eigenvalue weighted by atomic mass is 35.5. The second-order valence-corrected chi connectivity index (χ2v) is 8.90. The third-order valence-corrected chi connectivity index (χ3v) is 6.75. The molecule has 0 N–H and O–H groups in total. The maximum absolute atomic E-state index is 13.7. The SMILES string of the molecule is Cc1ccc(C2CCC(CCc3ccc(-c4ccc(Cl)c(F)c4)cc3)CC2)cc1. The van der Waals surface area contributed by atoms with Gasteiger partial charge >= 0.3 is 0 Å². The Morgan fingerprint density at radius 1 is 0.828 bits per heavy atom. The zero-order chi connectivity index (χ0) is 20.2. The number of benzene rings is 3. The van der Waals surface area contributed by atoms with Gasteiger partial charge < -0.3 is 0 Å². The van der Waals surface area contributed by atoms with Gasteiger partial charge in [0, 0.05) is 0 Å². The predicted octanol–water partition coefficient (Wildman–Crippen LogP) is 8.36. The summed E-state index contributed by atoms with van der Waals surface area (Å²) in [6.07, 6.45) is 7.68.